The van der Waals surface area contributed by atoms with Gasteiger partial charge in [-0.3, -0.25) is 0 Å². The summed E-state index contributed by atoms with van der Waals surface area (Å²) >= 11 is 0. The van der Waals surface area contributed by atoms with Crippen LogP contribution in [-0.2, 0) is 6.18 Å². The van der Waals surface area contributed by atoms with E-state index in [2.05, 4.69) is 25.1 Å². The molecule has 12 heteroatoms. The molecule has 0 spiro atoms. The summed E-state index contributed by atoms with van der Waals surface area (Å²) < 4.78 is 56.1. The zero-order valence-corrected chi connectivity index (χ0v) is 18.3. The Labute approximate surface area is 196 Å². The quantitative estimate of drug-likeness (QED) is 0.366. The number of anilines is 1. The smallest absolute Gasteiger partial charge is 0.382 e. The van der Waals surface area contributed by atoms with Crippen molar-refractivity contribution in [1.82, 2.24) is 34.3 Å². The van der Waals surface area contributed by atoms with Gasteiger partial charge in [0.2, 0.25) is 5.82 Å². The van der Waals surface area contributed by atoms with Gasteiger partial charge in [-0.1, -0.05) is 19.1 Å². The molecular weight excluding hydrogens is 464 g/mol. The second-order valence-corrected chi connectivity index (χ2v) is 7.81. The van der Waals surface area contributed by atoms with Crippen LogP contribution in [0.4, 0.5) is 23.4 Å². The Kier molecular flexibility index (Phi) is 5.42. The summed E-state index contributed by atoms with van der Waals surface area (Å²) in [5.41, 5.74) is 9.19. The second kappa shape index (κ2) is 8.46. The first kappa shape index (κ1) is 22.4. The molecule has 1 aromatic carbocycles. The number of para-hydroxylation sites is 1. The van der Waals surface area contributed by atoms with Crippen LogP contribution >= 0.6 is 0 Å². The van der Waals surface area contributed by atoms with E-state index in [1.807, 2.05) is 6.92 Å². The fourth-order valence-corrected chi connectivity index (χ4v) is 4.08. The summed E-state index contributed by atoms with van der Waals surface area (Å²) in [5, 5.41) is 8.66. The molecule has 0 amide bonds. The summed E-state index contributed by atoms with van der Waals surface area (Å²) in [7, 11) is 0. The largest absolute Gasteiger partial charge is 0.451 e. The predicted octanol–water partition coefficient (Wildman–Crippen LogP) is 4.65. The maximum atomic E-state index is 14.3. The Morgan fingerprint density at radius 2 is 1.77 bits per heavy atom. The third-order valence-corrected chi connectivity index (χ3v) is 5.70. The lowest BCUT2D eigenvalue weighted by atomic mass is 9.95. The molecule has 4 aromatic heterocycles. The van der Waals surface area contributed by atoms with Crippen LogP contribution in [-0.4, -0.2) is 34.3 Å². The first-order chi connectivity index (χ1) is 16.8. The van der Waals surface area contributed by atoms with Gasteiger partial charge in [0.25, 0.3) is 0 Å². The van der Waals surface area contributed by atoms with E-state index in [4.69, 9.17) is 5.73 Å². The number of nitrogen functional groups attached to an aromatic ring is 1. The summed E-state index contributed by atoms with van der Waals surface area (Å²) in [6, 6.07) is 8.07. The third-order valence-electron chi connectivity index (χ3n) is 5.70. The molecule has 0 saturated heterocycles. The maximum absolute atomic E-state index is 14.3. The average Bonchev–Trinajstić information content (AvgIpc) is 3.46. The van der Waals surface area contributed by atoms with Crippen LogP contribution in [0.25, 0.3) is 22.3 Å². The van der Waals surface area contributed by atoms with Crippen molar-refractivity contribution in [2.75, 3.05) is 5.73 Å². The highest BCUT2D eigenvalue weighted by Crippen LogP contribution is 2.37. The van der Waals surface area contributed by atoms with Crippen LogP contribution in [0.15, 0.2) is 61.4 Å². The minimum atomic E-state index is -4.65. The molecule has 0 aliphatic rings. The Hall–Kier alpha value is -4.35. The third kappa shape index (κ3) is 3.96. The first-order valence-electron chi connectivity index (χ1n) is 10.6. The molecule has 0 aliphatic carbocycles. The highest BCUT2D eigenvalue weighted by Gasteiger charge is 2.34. The molecule has 178 valence electrons. The Balaban J connectivity index is 1.62. The summed E-state index contributed by atoms with van der Waals surface area (Å²) in [5.74, 6) is -1.73. The van der Waals surface area contributed by atoms with E-state index in [0.717, 1.165) is 18.0 Å². The molecule has 2 N–H and O–H groups in total. The predicted molar refractivity (Wildman–Crippen MR) is 119 cm³/mol. The van der Waals surface area contributed by atoms with E-state index in [-0.39, 0.29) is 11.7 Å². The van der Waals surface area contributed by atoms with Crippen LogP contribution in [0, 0.1) is 5.82 Å². The van der Waals surface area contributed by atoms with Crippen molar-refractivity contribution in [3.05, 3.63) is 84.3 Å². The number of halogens is 4. The maximum Gasteiger partial charge on any atom is 0.451 e. The Morgan fingerprint density at radius 3 is 2.46 bits per heavy atom. The summed E-state index contributed by atoms with van der Waals surface area (Å²) in [6.45, 7) is 1.97. The van der Waals surface area contributed by atoms with Gasteiger partial charge in [-0.25, -0.2) is 28.5 Å². The van der Waals surface area contributed by atoms with Crippen LogP contribution in [0.1, 0.15) is 36.3 Å². The Morgan fingerprint density at radius 1 is 1.03 bits per heavy atom. The van der Waals surface area contributed by atoms with Crippen molar-refractivity contribution in [1.29, 1.82) is 0 Å². The van der Waals surface area contributed by atoms with E-state index < -0.39 is 17.8 Å². The van der Waals surface area contributed by atoms with Crippen molar-refractivity contribution < 1.29 is 17.6 Å². The average molecular weight is 482 g/mol. The van der Waals surface area contributed by atoms with Gasteiger partial charge in [0.1, 0.15) is 23.3 Å². The number of benzene rings is 1. The normalized spacial score (nSPS) is 12.8. The first-order valence-corrected chi connectivity index (χ1v) is 10.6. The lowest BCUT2D eigenvalue weighted by Gasteiger charge is -2.13. The second-order valence-electron chi connectivity index (χ2n) is 7.81. The van der Waals surface area contributed by atoms with Gasteiger partial charge in [-0.15, -0.1) is 0 Å². The number of hydrogen-bond acceptors (Lipinski definition) is 6. The van der Waals surface area contributed by atoms with E-state index in [0.29, 0.717) is 34.4 Å². The molecule has 0 aliphatic heterocycles. The van der Waals surface area contributed by atoms with E-state index in [9.17, 15) is 17.6 Å². The molecule has 1 unspecified atom stereocenters. The molecule has 5 aromatic rings. The fraction of sp³-hybridized carbons (Fsp3) is 0.174. The monoisotopic (exact) mass is 482 g/mol. The molecular formula is C23H18F4N8. The molecule has 8 nitrogen and oxygen atoms in total. The van der Waals surface area contributed by atoms with Gasteiger partial charge < -0.3 is 5.73 Å². The number of aromatic nitrogens is 7. The van der Waals surface area contributed by atoms with Crippen LogP contribution in [0.2, 0.25) is 0 Å². The van der Waals surface area contributed by atoms with Crippen LogP contribution in [0.5, 0.6) is 0 Å². The van der Waals surface area contributed by atoms with Crippen molar-refractivity contribution in [3.63, 3.8) is 0 Å². The minimum absolute atomic E-state index is 0.151. The van der Waals surface area contributed by atoms with E-state index in [1.54, 1.807) is 41.2 Å². The molecule has 1 atom stereocenters. The molecule has 0 bridgehead atoms. The minimum Gasteiger partial charge on any atom is -0.382 e. The topological polar surface area (TPSA) is 99.8 Å². The van der Waals surface area contributed by atoms with E-state index >= 15 is 0 Å². The fourth-order valence-electron chi connectivity index (χ4n) is 4.08. The van der Waals surface area contributed by atoms with Gasteiger partial charge in [-0.2, -0.15) is 23.4 Å². The molecule has 5 rings (SSSR count). The highest BCUT2D eigenvalue weighted by molar-refractivity contribution is 5.88. The summed E-state index contributed by atoms with van der Waals surface area (Å²) in [4.78, 5) is 11.0. The SMILES string of the molecule is CCC(c1cnn(-c2ccccc2F)c1)c1cc(-c2cnc(C(F)(F)F)nc2)c2c(N)ncnn12. The number of fused-ring (bicyclic) bond motifs is 1. The number of alkyl halides is 3. The molecule has 4 heterocycles. The van der Waals surface area contributed by atoms with Crippen LogP contribution < -0.4 is 5.73 Å². The van der Waals surface area contributed by atoms with Crippen molar-refractivity contribution in [3.8, 4) is 16.8 Å². The lowest BCUT2D eigenvalue weighted by molar-refractivity contribution is -0.144. The number of nitrogens with two attached hydrogens (primary N) is 1. The molecule has 0 saturated carbocycles. The van der Waals surface area contributed by atoms with Gasteiger partial charge in [0.05, 0.1) is 11.9 Å². The molecule has 0 radical (unpaired) electrons. The Bertz CT molecular complexity index is 1500. The molecule has 0 fully saturated rings. The van der Waals surface area contributed by atoms with Crippen molar-refractivity contribution in [2.24, 2.45) is 0 Å². The zero-order chi connectivity index (χ0) is 24.7. The van der Waals surface area contributed by atoms with Crippen molar-refractivity contribution >= 4 is 11.3 Å². The zero-order valence-electron chi connectivity index (χ0n) is 18.3. The van der Waals surface area contributed by atoms with Gasteiger partial charge in [-0.05, 0) is 30.2 Å². The number of hydrogen-bond donors (Lipinski definition) is 1. The van der Waals surface area contributed by atoms with Crippen LogP contribution in [0.3, 0.4) is 0 Å². The standard InChI is InChI=1S/C23H18F4N8/c1-2-15(14-10-32-34(11-14)18-6-4-3-5-17(18)24)19-7-16(20-21(28)31-12-33-35(19)20)13-8-29-22(30-9-13)23(25,26)27/h3-12,15H,2H2,1H3,(H2,28,31,33). The van der Waals surface area contributed by atoms with Gasteiger partial charge in [0, 0.05) is 35.6 Å². The van der Waals surface area contributed by atoms with Gasteiger partial charge in [0.15, 0.2) is 5.82 Å². The lowest BCUT2D eigenvalue weighted by Crippen LogP contribution is -2.10. The molecule has 35 heavy (non-hydrogen) atoms. The van der Waals surface area contributed by atoms with Crippen molar-refractivity contribution in [2.45, 2.75) is 25.4 Å². The highest BCUT2D eigenvalue weighted by atomic mass is 19.4. The van der Waals surface area contributed by atoms with Gasteiger partial charge >= 0.3 is 6.18 Å². The number of rotatable bonds is 5. The van der Waals surface area contributed by atoms with E-state index in [1.165, 1.54) is 17.1 Å². The summed E-state index contributed by atoms with van der Waals surface area (Å²) in [6.07, 6.45) is 2.84. The number of nitrogens with zero attached hydrogens (tertiary/aromatic N) is 7.